The van der Waals surface area contributed by atoms with Gasteiger partial charge >= 0.3 is 0 Å². The SMILES string of the molecule is CNC(C(=O)N1CCC(N2CCCC2)CC1)c1cnn(C)c1. The van der Waals surface area contributed by atoms with Crippen molar-refractivity contribution in [3.05, 3.63) is 18.0 Å². The molecule has 1 aromatic rings. The van der Waals surface area contributed by atoms with E-state index >= 15 is 0 Å². The molecule has 6 heteroatoms. The normalized spacial score (nSPS) is 22.2. The summed E-state index contributed by atoms with van der Waals surface area (Å²) in [6.07, 6.45) is 8.57. The van der Waals surface area contributed by atoms with Crippen LogP contribution in [0.4, 0.5) is 0 Å². The number of rotatable bonds is 4. The average Bonchev–Trinajstić information content (AvgIpc) is 3.20. The van der Waals surface area contributed by atoms with E-state index in [1.807, 2.05) is 25.2 Å². The molecule has 2 saturated heterocycles. The molecule has 0 radical (unpaired) electrons. The molecule has 1 amide bonds. The number of hydrogen-bond donors (Lipinski definition) is 1. The Labute approximate surface area is 132 Å². The fourth-order valence-electron chi connectivity index (χ4n) is 3.76. The number of nitrogens with zero attached hydrogens (tertiary/aromatic N) is 4. The monoisotopic (exact) mass is 305 g/mol. The van der Waals surface area contributed by atoms with Gasteiger partial charge in [0, 0.05) is 37.9 Å². The Morgan fingerprint density at radius 2 is 1.95 bits per heavy atom. The lowest BCUT2D eigenvalue weighted by Crippen LogP contribution is -2.48. The third-order valence-corrected chi connectivity index (χ3v) is 5.03. The molecule has 122 valence electrons. The summed E-state index contributed by atoms with van der Waals surface area (Å²) >= 11 is 0. The highest BCUT2D eigenvalue weighted by Gasteiger charge is 2.31. The van der Waals surface area contributed by atoms with Gasteiger partial charge in [-0.15, -0.1) is 0 Å². The lowest BCUT2D eigenvalue weighted by atomic mass is 10.0. The van der Waals surface area contributed by atoms with Gasteiger partial charge in [0.05, 0.1) is 6.20 Å². The highest BCUT2D eigenvalue weighted by molar-refractivity contribution is 5.83. The molecule has 0 spiro atoms. The molecule has 0 bridgehead atoms. The number of likely N-dealkylation sites (tertiary alicyclic amines) is 2. The zero-order valence-corrected chi connectivity index (χ0v) is 13.7. The molecule has 1 aromatic heterocycles. The van der Waals surface area contributed by atoms with E-state index in [2.05, 4.69) is 15.3 Å². The maximum atomic E-state index is 12.8. The number of carbonyl (C=O) groups excluding carboxylic acids is 1. The van der Waals surface area contributed by atoms with Gasteiger partial charge in [0.15, 0.2) is 0 Å². The topological polar surface area (TPSA) is 53.4 Å². The maximum absolute atomic E-state index is 12.8. The number of piperidine rings is 1. The molecule has 2 fully saturated rings. The molecule has 3 rings (SSSR count). The summed E-state index contributed by atoms with van der Waals surface area (Å²) in [5.41, 5.74) is 0.941. The van der Waals surface area contributed by atoms with E-state index in [4.69, 9.17) is 0 Å². The standard InChI is InChI=1S/C16H27N5O/c1-17-15(13-11-18-19(2)12-13)16(22)21-9-5-14(6-10-21)20-7-3-4-8-20/h11-12,14-15,17H,3-10H2,1-2H3. The average molecular weight is 305 g/mol. The predicted octanol–water partition coefficient (Wildman–Crippen LogP) is 0.767. The van der Waals surface area contributed by atoms with Gasteiger partial charge in [-0.2, -0.15) is 5.10 Å². The van der Waals surface area contributed by atoms with Crippen LogP contribution in [-0.2, 0) is 11.8 Å². The van der Waals surface area contributed by atoms with Crippen LogP contribution in [0.15, 0.2) is 12.4 Å². The summed E-state index contributed by atoms with van der Waals surface area (Å²) in [6.45, 7) is 4.23. The number of likely N-dealkylation sites (N-methyl/N-ethyl adjacent to an activating group) is 1. The lowest BCUT2D eigenvalue weighted by molar-refractivity contribution is -0.135. The number of aromatic nitrogens is 2. The van der Waals surface area contributed by atoms with Crippen LogP contribution >= 0.6 is 0 Å². The Hall–Kier alpha value is -1.40. The number of hydrogen-bond acceptors (Lipinski definition) is 4. The molecule has 1 unspecified atom stereocenters. The van der Waals surface area contributed by atoms with Crippen LogP contribution in [0.1, 0.15) is 37.3 Å². The van der Waals surface area contributed by atoms with Crippen LogP contribution in [0.3, 0.4) is 0 Å². The van der Waals surface area contributed by atoms with Crippen molar-refractivity contribution in [1.82, 2.24) is 24.9 Å². The van der Waals surface area contributed by atoms with Crippen molar-refractivity contribution >= 4 is 5.91 Å². The Morgan fingerprint density at radius 3 is 2.50 bits per heavy atom. The molecule has 22 heavy (non-hydrogen) atoms. The van der Waals surface area contributed by atoms with Gasteiger partial charge in [0.25, 0.3) is 0 Å². The highest BCUT2D eigenvalue weighted by atomic mass is 16.2. The second-order valence-electron chi connectivity index (χ2n) is 6.47. The summed E-state index contributed by atoms with van der Waals surface area (Å²) in [7, 11) is 3.72. The van der Waals surface area contributed by atoms with E-state index < -0.39 is 0 Å². The molecular weight excluding hydrogens is 278 g/mol. The van der Waals surface area contributed by atoms with Crippen LogP contribution < -0.4 is 5.32 Å². The summed E-state index contributed by atoms with van der Waals surface area (Å²) in [5, 5.41) is 7.32. The van der Waals surface area contributed by atoms with Gasteiger partial charge in [0.2, 0.25) is 5.91 Å². The van der Waals surface area contributed by atoms with Crippen LogP contribution in [0, 0.1) is 0 Å². The van der Waals surface area contributed by atoms with Gasteiger partial charge in [-0.1, -0.05) is 0 Å². The minimum absolute atomic E-state index is 0.176. The molecule has 3 heterocycles. The number of amides is 1. The maximum Gasteiger partial charge on any atom is 0.244 e. The first-order valence-corrected chi connectivity index (χ1v) is 8.37. The van der Waals surface area contributed by atoms with Gasteiger partial charge in [-0.05, 0) is 45.8 Å². The Balaban J connectivity index is 1.58. The van der Waals surface area contributed by atoms with Crippen molar-refractivity contribution < 1.29 is 4.79 Å². The third-order valence-electron chi connectivity index (χ3n) is 5.03. The Bertz CT molecular complexity index is 500. The second-order valence-corrected chi connectivity index (χ2v) is 6.47. The van der Waals surface area contributed by atoms with Gasteiger partial charge in [-0.3, -0.25) is 9.48 Å². The molecule has 0 saturated carbocycles. The molecule has 2 aliphatic heterocycles. The zero-order valence-electron chi connectivity index (χ0n) is 13.7. The summed E-state index contributed by atoms with van der Waals surface area (Å²) in [5.74, 6) is 0.176. The van der Waals surface area contributed by atoms with Crippen molar-refractivity contribution in [2.45, 2.75) is 37.8 Å². The van der Waals surface area contributed by atoms with E-state index in [1.165, 1.54) is 25.9 Å². The minimum Gasteiger partial charge on any atom is -0.341 e. The number of nitrogens with one attached hydrogen (secondary N) is 1. The van der Waals surface area contributed by atoms with Gasteiger partial charge in [0.1, 0.15) is 6.04 Å². The van der Waals surface area contributed by atoms with E-state index in [0.29, 0.717) is 6.04 Å². The van der Waals surface area contributed by atoms with Gasteiger partial charge < -0.3 is 15.1 Å². The zero-order chi connectivity index (χ0) is 15.5. The fourth-order valence-corrected chi connectivity index (χ4v) is 3.76. The quantitative estimate of drug-likeness (QED) is 0.893. The first kappa shape index (κ1) is 15.5. The van der Waals surface area contributed by atoms with E-state index in [1.54, 1.807) is 10.9 Å². The van der Waals surface area contributed by atoms with Crippen LogP contribution in [0.5, 0.6) is 0 Å². The van der Waals surface area contributed by atoms with Crippen LogP contribution in [0.2, 0.25) is 0 Å². The summed E-state index contributed by atoms with van der Waals surface area (Å²) < 4.78 is 1.74. The van der Waals surface area contributed by atoms with E-state index in [0.717, 1.165) is 31.5 Å². The second kappa shape index (κ2) is 6.79. The van der Waals surface area contributed by atoms with Crippen molar-refractivity contribution in [3.8, 4) is 0 Å². The third kappa shape index (κ3) is 3.17. The molecule has 0 aliphatic carbocycles. The molecule has 6 nitrogen and oxygen atoms in total. The minimum atomic E-state index is -0.281. The first-order chi connectivity index (χ1) is 10.7. The van der Waals surface area contributed by atoms with Crippen molar-refractivity contribution in [2.24, 2.45) is 7.05 Å². The smallest absolute Gasteiger partial charge is 0.244 e. The van der Waals surface area contributed by atoms with Crippen LogP contribution in [-0.4, -0.2) is 64.8 Å². The molecule has 1 N–H and O–H groups in total. The van der Waals surface area contributed by atoms with E-state index in [9.17, 15) is 4.79 Å². The highest BCUT2D eigenvalue weighted by Crippen LogP contribution is 2.23. The lowest BCUT2D eigenvalue weighted by Gasteiger charge is -2.37. The molecule has 2 aliphatic rings. The van der Waals surface area contributed by atoms with Crippen LogP contribution in [0.25, 0.3) is 0 Å². The van der Waals surface area contributed by atoms with Crippen molar-refractivity contribution in [2.75, 3.05) is 33.2 Å². The fraction of sp³-hybridized carbons (Fsp3) is 0.750. The van der Waals surface area contributed by atoms with Crippen molar-refractivity contribution in [3.63, 3.8) is 0 Å². The Morgan fingerprint density at radius 1 is 1.27 bits per heavy atom. The largest absolute Gasteiger partial charge is 0.341 e. The van der Waals surface area contributed by atoms with Gasteiger partial charge in [-0.25, -0.2) is 0 Å². The molecule has 1 atom stereocenters. The van der Waals surface area contributed by atoms with E-state index in [-0.39, 0.29) is 11.9 Å². The predicted molar refractivity (Wildman–Crippen MR) is 85.4 cm³/mol. The summed E-state index contributed by atoms with van der Waals surface area (Å²) in [6, 6.07) is 0.398. The first-order valence-electron chi connectivity index (χ1n) is 8.37. The molecule has 0 aromatic carbocycles. The van der Waals surface area contributed by atoms with Crippen molar-refractivity contribution in [1.29, 1.82) is 0 Å². The molecular formula is C16H27N5O. The number of aryl methyl sites for hydroxylation is 1. The number of carbonyl (C=O) groups is 1. The summed E-state index contributed by atoms with van der Waals surface area (Å²) in [4.78, 5) is 17.4. The Kier molecular flexibility index (Phi) is 4.78.